The quantitative estimate of drug-likeness (QED) is 0.805. The van der Waals surface area contributed by atoms with E-state index in [0.717, 1.165) is 23.9 Å². The molecular formula is C13H23BrN2OS. The van der Waals surface area contributed by atoms with E-state index in [2.05, 4.69) is 46.2 Å². The Morgan fingerprint density at radius 2 is 2.22 bits per heavy atom. The summed E-state index contributed by atoms with van der Waals surface area (Å²) >= 11 is 5.23. The van der Waals surface area contributed by atoms with Crippen LogP contribution in [0.3, 0.4) is 0 Å². The Morgan fingerprint density at radius 1 is 1.56 bits per heavy atom. The van der Waals surface area contributed by atoms with Crippen LogP contribution in [0.5, 0.6) is 0 Å². The maximum absolute atomic E-state index is 9.39. The Hall–Kier alpha value is 0.0600. The second-order valence-corrected chi connectivity index (χ2v) is 6.66. The van der Waals surface area contributed by atoms with Gasteiger partial charge in [0.1, 0.15) is 0 Å². The number of likely N-dealkylation sites (N-methyl/N-ethyl adjacent to an activating group) is 1. The summed E-state index contributed by atoms with van der Waals surface area (Å²) < 4.78 is 1.11. The number of rotatable bonds is 7. The molecule has 0 aliphatic rings. The van der Waals surface area contributed by atoms with E-state index in [1.807, 2.05) is 6.92 Å². The average Bonchev–Trinajstić information content (AvgIpc) is 2.73. The van der Waals surface area contributed by atoms with Crippen LogP contribution >= 0.6 is 27.3 Å². The molecule has 104 valence electrons. The van der Waals surface area contributed by atoms with E-state index >= 15 is 0 Å². The lowest BCUT2D eigenvalue weighted by molar-refractivity contribution is 0.141. The first kappa shape index (κ1) is 16.1. The molecule has 0 aliphatic carbocycles. The molecular weight excluding hydrogens is 312 g/mol. The number of nitrogens with zero attached hydrogens (tertiary/aromatic N) is 1. The summed E-state index contributed by atoms with van der Waals surface area (Å²) in [5, 5.41) is 11.5. The summed E-state index contributed by atoms with van der Waals surface area (Å²) in [6.07, 6.45) is 1.45. The zero-order valence-electron chi connectivity index (χ0n) is 11.3. The number of hydrogen-bond donors (Lipinski definition) is 2. The molecule has 3 nitrogen and oxygen atoms in total. The van der Waals surface area contributed by atoms with Crippen LogP contribution in [0.2, 0.25) is 0 Å². The Bertz CT molecular complexity index is 357. The molecule has 0 bridgehead atoms. The Kier molecular flexibility index (Phi) is 6.81. The molecule has 5 heteroatoms. The van der Waals surface area contributed by atoms with Gasteiger partial charge in [0.25, 0.3) is 0 Å². The highest BCUT2D eigenvalue weighted by Gasteiger charge is 2.24. The van der Waals surface area contributed by atoms with Gasteiger partial charge in [0, 0.05) is 27.3 Å². The first-order chi connectivity index (χ1) is 8.45. The van der Waals surface area contributed by atoms with E-state index in [4.69, 9.17) is 5.73 Å². The Morgan fingerprint density at radius 3 is 2.67 bits per heavy atom. The Balaban J connectivity index is 2.78. The largest absolute Gasteiger partial charge is 0.393 e. The molecule has 1 rings (SSSR count). The molecule has 0 aromatic carbocycles. The van der Waals surface area contributed by atoms with Gasteiger partial charge in [-0.15, -0.1) is 11.3 Å². The first-order valence-corrected chi connectivity index (χ1v) is 8.00. The summed E-state index contributed by atoms with van der Waals surface area (Å²) in [5.41, 5.74) is 6.25. The highest BCUT2D eigenvalue weighted by Crippen LogP contribution is 2.31. The van der Waals surface area contributed by atoms with Crippen molar-refractivity contribution in [3.8, 4) is 0 Å². The fourth-order valence-corrected chi connectivity index (χ4v) is 3.68. The second kappa shape index (κ2) is 7.60. The van der Waals surface area contributed by atoms with Crippen LogP contribution < -0.4 is 5.73 Å². The summed E-state index contributed by atoms with van der Waals surface area (Å²) in [6, 6.07) is 2.49. The predicted octanol–water partition coefficient (Wildman–Crippen LogP) is 2.99. The van der Waals surface area contributed by atoms with Gasteiger partial charge in [0.15, 0.2) is 0 Å². The van der Waals surface area contributed by atoms with Gasteiger partial charge in [-0.05, 0) is 48.8 Å². The van der Waals surface area contributed by atoms with Crippen LogP contribution in [0.25, 0.3) is 0 Å². The molecule has 18 heavy (non-hydrogen) atoms. The highest BCUT2D eigenvalue weighted by atomic mass is 79.9. The van der Waals surface area contributed by atoms with Crippen molar-refractivity contribution >= 4 is 27.3 Å². The normalized spacial score (nSPS) is 16.8. The molecule has 0 amide bonds. The van der Waals surface area contributed by atoms with Gasteiger partial charge in [-0.25, -0.2) is 0 Å². The third-order valence-corrected chi connectivity index (χ3v) is 4.89. The molecule has 3 atom stereocenters. The third-order valence-electron chi connectivity index (χ3n) is 3.13. The highest BCUT2D eigenvalue weighted by molar-refractivity contribution is 9.10. The average molecular weight is 335 g/mol. The van der Waals surface area contributed by atoms with Crippen LogP contribution in [0.1, 0.15) is 37.6 Å². The van der Waals surface area contributed by atoms with Crippen molar-refractivity contribution in [3.63, 3.8) is 0 Å². The van der Waals surface area contributed by atoms with Gasteiger partial charge in [-0.2, -0.15) is 0 Å². The second-order valence-electron chi connectivity index (χ2n) is 4.80. The number of aliphatic hydroxyl groups is 1. The summed E-state index contributed by atoms with van der Waals surface area (Å²) in [7, 11) is 2.08. The maximum Gasteiger partial charge on any atom is 0.0591 e. The number of halogens is 1. The number of thiophene rings is 1. The van der Waals surface area contributed by atoms with Gasteiger partial charge < -0.3 is 10.8 Å². The lowest BCUT2D eigenvalue weighted by Crippen LogP contribution is -2.39. The molecule has 3 N–H and O–H groups in total. The fraction of sp³-hybridized carbons (Fsp3) is 0.692. The van der Waals surface area contributed by atoms with Crippen LogP contribution in [0, 0.1) is 0 Å². The molecule has 0 aliphatic heterocycles. The van der Waals surface area contributed by atoms with Crippen molar-refractivity contribution in [2.75, 3.05) is 13.6 Å². The van der Waals surface area contributed by atoms with Crippen molar-refractivity contribution in [2.45, 2.75) is 44.9 Å². The SMILES string of the molecule is CCC(N)C(c1cc(Br)cs1)N(C)CCC(C)O. The summed E-state index contributed by atoms with van der Waals surface area (Å²) in [6.45, 7) is 4.79. The van der Waals surface area contributed by atoms with Gasteiger partial charge in [-0.3, -0.25) is 4.90 Å². The summed E-state index contributed by atoms with van der Waals surface area (Å²) in [4.78, 5) is 3.53. The minimum Gasteiger partial charge on any atom is -0.393 e. The van der Waals surface area contributed by atoms with Crippen LogP contribution in [-0.2, 0) is 0 Å². The van der Waals surface area contributed by atoms with E-state index in [0.29, 0.717) is 0 Å². The van der Waals surface area contributed by atoms with E-state index in [1.54, 1.807) is 11.3 Å². The van der Waals surface area contributed by atoms with Gasteiger partial charge in [0.05, 0.1) is 12.1 Å². The molecule has 3 unspecified atom stereocenters. The van der Waals surface area contributed by atoms with Crippen LogP contribution in [-0.4, -0.2) is 35.7 Å². The minimum absolute atomic E-state index is 0.120. The standard InChI is InChI=1S/C13H23BrN2OS/c1-4-11(15)13(12-7-10(14)8-18-12)16(3)6-5-9(2)17/h7-9,11,13,17H,4-6,15H2,1-3H3. The monoisotopic (exact) mass is 334 g/mol. The van der Waals surface area contributed by atoms with Gasteiger partial charge in [-0.1, -0.05) is 6.92 Å². The predicted molar refractivity (Wildman–Crippen MR) is 82.0 cm³/mol. The van der Waals surface area contributed by atoms with Crippen LogP contribution in [0.15, 0.2) is 15.9 Å². The van der Waals surface area contributed by atoms with E-state index < -0.39 is 0 Å². The number of aliphatic hydroxyl groups excluding tert-OH is 1. The van der Waals surface area contributed by atoms with Crippen molar-refractivity contribution in [1.82, 2.24) is 4.90 Å². The minimum atomic E-state index is -0.263. The first-order valence-electron chi connectivity index (χ1n) is 6.33. The lowest BCUT2D eigenvalue weighted by atomic mass is 10.0. The maximum atomic E-state index is 9.39. The third kappa shape index (κ3) is 4.63. The van der Waals surface area contributed by atoms with Crippen LogP contribution in [0.4, 0.5) is 0 Å². The molecule has 0 saturated carbocycles. The van der Waals surface area contributed by atoms with E-state index in [9.17, 15) is 5.11 Å². The molecule has 1 aromatic rings. The molecule has 1 heterocycles. The van der Waals surface area contributed by atoms with E-state index in [-0.39, 0.29) is 18.2 Å². The van der Waals surface area contributed by atoms with Crippen molar-refractivity contribution < 1.29 is 5.11 Å². The van der Waals surface area contributed by atoms with Crippen molar-refractivity contribution in [3.05, 3.63) is 20.8 Å². The Labute approximate surface area is 122 Å². The number of nitrogens with two attached hydrogens (primary N) is 1. The smallest absolute Gasteiger partial charge is 0.0591 e. The molecule has 1 aromatic heterocycles. The molecule has 0 saturated heterocycles. The fourth-order valence-electron chi connectivity index (χ4n) is 1.99. The number of hydrogen-bond acceptors (Lipinski definition) is 4. The molecule has 0 fully saturated rings. The van der Waals surface area contributed by atoms with Gasteiger partial charge in [0.2, 0.25) is 0 Å². The van der Waals surface area contributed by atoms with Crippen molar-refractivity contribution in [1.29, 1.82) is 0 Å². The van der Waals surface area contributed by atoms with Crippen molar-refractivity contribution in [2.24, 2.45) is 5.73 Å². The lowest BCUT2D eigenvalue weighted by Gasteiger charge is -2.32. The molecule has 0 spiro atoms. The van der Waals surface area contributed by atoms with Gasteiger partial charge >= 0.3 is 0 Å². The zero-order chi connectivity index (χ0) is 13.7. The molecule has 0 radical (unpaired) electrons. The topological polar surface area (TPSA) is 49.5 Å². The van der Waals surface area contributed by atoms with E-state index in [1.165, 1.54) is 4.88 Å². The zero-order valence-corrected chi connectivity index (χ0v) is 13.7. The summed E-state index contributed by atoms with van der Waals surface area (Å²) in [5.74, 6) is 0.